The van der Waals surface area contributed by atoms with Gasteiger partial charge in [0.15, 0.2) is 0 Å². The van der Waals surface area contributed by atoms with Crippen molar-refractivity contribution in [3.8, 4) is 0 Å². The molecule has 2 rings (SSSR count). The van der Waals surface area contributed by atoms with Crippen molar-refractivity contribution >= 4 is 21.8 Å². The van der Waals surface area contributed by atoms with E-state index in [2.05, 4.69) is 21.2 Å². The second kappa shape index (κ2) is 5.80. The molecule has 3 nitrogen and oxygen atoms in total. The number of hydrogen-bond acceptors (Lipinski definition) is 2. The van der Waals surface area contributed by atoms with E-state index in [0.717, 1.165) is 19.5 Å². The van der Waals surface area contributed by atoms with Gasteiger partial charge in [-0.15, -0.1) is 0 Å². The largest absolute Gasteiger partial charge is 0.335 e. The highest BCUT2D eigenvalue weighted by atomic mass is 79.9. The van der Waals surface area contributed by atoms with Crippen LogP contribution in [0.15, 0.2) is 22.7 Å². The van der Waals surface area contributed by atoms with Crippen LogP contribution < -0.4 is 5.32 Å². The van der Waals surface area contributed by atoms with Crippen LogP contribution in [0.5, 0.6) is 0 Å². The molecule has 0 spiro atoms. The first-order chi connectivity index (χ1) is 8.63. The summed E-state index contributed by atoms with van der Waals surface area (Å²) in [7, 11) is 0. The molecule has 5 heteroatoms. The van der Waals surface area contributed by atoms with Gasteiger partial charge in [0.1, 0.15) is 5.82 Å². The molecule has 1 saturated heterocycles. The van der Waals surface area contributed by atoms with Gasteiger partial charge in [0.25, 0.3) is 5.91 Å². The molecule has 0 saturated carbocycles. The van der Waals surface area contributed by atoms with Crippen molar-refractivity contribution in [2.75, 3.05) is 19.6 Å². The van der Waals surface area contributed by atoms with Gasteiger partial charge in [0, 0.05) is 23.6 Å². The average molecular weight is 315 g/mol. The molecule has 0 bridgehead atoms. The number of nitrogens with zero attached hydrogens (tertiary/aromatic N) is 1. The zero-order valence-electron chi connectivity index (χ0n) is 10.2. The first kappa shape index (κ1) is 13.5. The van der Waals surface area contributed by atoms with Crippen molar-refractivity contribution in [2.24, 2.45) is 0 Å². The van der Waals surface area contributed by atoms with E-state index < -0.39 is 5.82 Å². The molecule has 1 heterocycles. The van der Waals surface area contributed by atoms with Crippen molar-refractivity contribution in [3.05, 3.63) is 34.1 Å². The SMILES string of the molecule is CCN(C(=O)c1ccc(Br)cc1F)C1CCNC1. The van der Waals surface area contributed by atoms with E-state index in [0.29, 0.717) is 11.0 Å². The maximum atomic E-state index is 13.8. The van der Waals surface area contributed by atoms with Crippen molar-refractivity contribution in [2.45, 2.75) is 19.4 Å². The molecular weight excluding hydrogens is 299 g/mol. The Labute approximate surface area is 114 Å². The standard InChI is InChI=1S/C13H16BrFN2O/c1-2-17(10-5-6-16-8-10)13(18)11-4-3-9(14)7-12(11)15/h3-4,7,10,16H,2,5-6,8H2,1H3. The monoisotopic (exact) mass is 314 g/mol. The fourth-order valence-corrected chi connectivity index (χ4v) is 2.62. The van der Waals surface area contributed by atoms with Gasteiger partial charge in [0.2, 0.25) is 0 Å². The number of rotatable bonds is 3. The molecule has 1 aromatic carbocycles. The molecule has 1 unspecified atom stereocenters. The predicted octanol–water partition coefficient (Wildman–Crippen LogP) is 2.41. The fraction of sp³-hybridized carbons (Fsp3) is 0.462. The second-order valence-electron chi connectivity index (χ2n) is 4.36. The number of hydrogen-bond donors (Lipinski definition) is 1. The molecule has 18 heavy (non-hydrogen) atoms. The smallest absolute Gasteiger partial charge is 0.257 e. The van der Waals surface area contributed by atoms with E-state index in [4.69, 9.17) is 0 Å². The number of carbonyl (C=O) groups is 1. The summed E-state index contributed by atoms with van der Waals surface area (Å²) in [6.45, 7) is 4.22. The lowest BCUT2D eigenvalue weighted by molar-refractivity contribution is 0.0699. The van der Waals surface area contributed by atoms with E-state index in [-0.39, 0.29) is 17.5 Å². The molecule has 1 aromatic rings. The molecular formula is C13H16BrFN2O. The van der Waals surface area contributed by atoms with Gasteiger partial charge >= 0.3 is 0 Å². The van der Waals surface area contributed by atoms with Gasteiger partial charge in [-0.1, -0.05) is 15.9 Å². The first-order valence-corrected chi connectivity index (χ1v) is 6.89. The Bertz CT molecular complexity index is 447. The summed E-state index contributed by atoms with van der Waals surface area (Å²) in [5.74, 6) is -0.699. The van der Waals surface area contributed by atoms with Crippen LogP contribution in [0.3, 0.4) is 0 Å². The molecule has 1 N–H and O–H groups in total. The number of halogens is 2. The highest BCUT2D eigenvalue weighted by molar-refractivity contribution is 9.10. The number of benzene rings is 1. The molecule has 0 radical (unpaired) electrons. The molecule has 1 atom stereocenters. The summed E-state index contributed by atoms with van der Waals surface area (Å²) >= 11 is 3.19. The second-order valence-corrected chi connectivity index (χ2v) is 5.28. The topological polar surface area (TPSA) is 32.3 Å². The summed E-state index contributed by atoms with van der Waals surface area (Å²) in [6.07, 6.45) is 0.928. The van der Waals surface area contributed by atoms with Crippen LogP contribution in [0.2, 0.25) is 0 Å². The zero-order chi connectivity index (χ0) is 13.1. The van der Waals surface area contributed by atoms with Crippen molar-refractivity contribution in [1.82, 2.24) is 10.2 Å². The third-order valence-corrected chi connectivity index (χ3v) is 3.73. The lowest BCUT2D eigenvalue weighted by Crippen LogP contribution is -2.41. The summed E-state index contributed by atoms with van der Waals surface area (Å²) in [6, 6.07) is 4.73. The first-order valence-electron chi connectivity index (χ1n) is 6.10. The summed E-state index contributed by atoms with van der Waals surface area (Å²) in [5.41, 5.74) is 0.145. The molecule has 0 aromatic heterocycles. The van der Waals surface area contributed by atoms with Crippen LogP contribution >= 0.6 is 15.9 Å². The van der Waals surface area contributed by atoms with E-state index in [1.54, 1.807) is 11.0 Å². The van der Waals surface area contributed by atoms with E-state index in [1.807, 2.05) is 6.92 Å². The van der Waals surface area contributed by atoms with Crippen LogP contribution in [-0.2, 0) is 0 Å². The van der Waals surface area contributed by atoms with E-state index in [9.17, 15) is 9.18 Å². The lowest BCUT2D eigenvalue weighted by atomic mass is 10.1. The Hall–Kier alpha value is -0.940. The van der Waals surface area contributed by atoms with Crippen LogP contribution in [0.4, 0.5) is 4.39 Å². The molecule has 0 aliphatic carbocycles. The Kier molecular flexibility index (Phi) is 4.35. The number of amides is 1. The van der Waals surface area contributed by atoms with Crippen molar-refractivity contribution in [3.63, 3.8) is 0 Å². The highest BCUT2D eigenvalue weighted by Gasteiger charge is 2.27. The third kappa shape index (κ3) is 2.72. The van der Waals surface area contributed by atoms with Crippen LogP contribution in [0.25, 0.3) is 0 Å². The van der Waals surface area contributed by atoms with Gasteiger partial charge in [-0.25, -0.2) is 4.39 Å². The Balaban J connectivity index is 2.22. The average Bonchev–Trinajstić information content (AvgIpc) is 2.83. The quantitative estimate of drug-likeness (QED) is 0.929. The van der Waals surface area contributed by atoms with Gasteiger partial charge < -0.3 is 10.2 Å². The van der Waals surface area contributed by atoms with E-state index >= 15 is 0 Å². The maximum absolute atomic E-state index is 13.8. The molecule has 1 aliphatic heterocycles. The van der Waals surface area contributed by atoms with Crippen molar-refractivity contribution in [1.29, 1.82) is 0 Å². The normalized spacial score (nSPS) is 18.9. The molecule has 1 aliphatic rings. The van der Waals surface area contributed by atoms with Gasteiger partial charge in [-0.05, 0) is 38.1 Å². The van der Waals surface area contributed by atoms with Gasteiger partial charge in [0.05, 0.1) is 5.56 Å². The van der Waals surface area contributed by atoms with Crippen LogP contribution in [0.1, 0.15) is 23.7 Å². The highest BCUT2D eigenvalue weighted by Crippen LogP contribution is 2.19. The lowest BCUT2D eigenvalue weighted by Gasteiger charge is -2.27. The summed E-state index contributed by atoms with van der Waals surface area (Å²) in [4.78, 5) is 14.1. The minimum absolute atomic E-state index is 0.145. The van der Waals surface area contributed by atoms with Crippen LogP contribution in [-0.4, -0.2) is 36.5 Å². The number of likely N-dealkylation sites (N-methyl/N-ethyl adjacent to an activating group) is 1. The Morgan fingerprint density at radius 2 is 2.39 bits per heavy atom. The Morgan fingerprint density at radius 3 is 2.94 bits per heavy atom. The Morgan fingerprint density at radius 1 is 1.61 bits per heavy atom. The molecule has 1 amide bonds. The van der Waals surface area contributed by atoms with Gasteiger partial charge in [-0.2, -0.15) is 0 Å². The predicted molar refractivity (Wildman–Crippen MR) is 72.1 cm³/mol. The maximum Gasteiger partial charge on any atom is 0.257 e. The summed E-state index contributed by atoms with van der Waals surface area (Å²) < 4.78 is 14.4. The third-order valence-electron chi connectivity index (χ3n) is 3.24. The number of carbonyl (C=O) groups excluding carboxylic acids is 1. The zero-order valence-corrected chi connectivity index (χ0v) is 11.8. The summed E-state index contributed by atoms with van der Waals surface area (Å²) in [5, 5.41) is 3.22. The van der Waals surface area contributed by atoms with Crippen LogP contribution in [0, 0.1) is 5.82 Å². The molecule has 1 fully saturated rings. The van der Waals surface area contributed by atoms with Gasteiger partial charge in [-0.3, -0.25) is 4.79 Å². The number of nitrogens with one attached hydrogen (secondary N) is 1. The van der Waals surface area contributed by atoms with Crippen molar-refractivity contribution < 1.29 is 9.18 Å². The van der Waals surface area contributed by atoms with E-state index in [1.165, 1.54) is 12.1 Å². The minimum Gasteiger partial charge on any atom is -0.335 e. The molecule has 98 valence electrons. The minimum atomic E-state index is -0.473. The fourth-order valence-electron chi connectivity index (χ4n) is 2.29.